The first-order valence-electron chi connectivity index (χ1n) is 14.6. The molecule has 13 nitrogen and oxygen atoms in total. The predicted molar refractivity (Wildman–Crippen MR) is 158 cm³/mol. The van der Waals surface area contributed by atoms with Crippen molar-refractivity contribution in [2.24, 2.45) is 0 Å². The lowest BCUT2D eigenvalue weighted by Crippen LogP contribution is -2.43. The van der Waals surface area contributed by atoms with Gasteiger partial charge in [-0.25, -0.2) is 0 Å². The Hall–Kier alpha value is -4.52. The summed E-state index contributed by atoms with van der Waals surface area (Å²) < 4.78 is 4.98. The summed E-state index contributed by atoms with van der Waals surface area (Å²) in [4.78, 5) is 97.0. The van der Waals surface area contributed by atoms with E-state index in [-0.39, 0.29) is 93.5 Å². The molecule has 0 bridgehead atoms. The van der Waals surface area contributed by atoms with Crippen molar-refractivity contribution in [1.29, 1.82) is 0 Å². The molecule has 2 rings (SSSR count). The van der Waals surface area contributed by atoms with Crippen LogP contribution in [0.3, 0.4) is 0 Å². The first-order valence-corrected chi connectivity index (χ1v) is 14.6. The van der Waals surface area contributed by atoms with E-state index in [0.717, 1.165) is 10.5 Å². The Kier molecular flexibility index (Phi) is 15.9. The van der Waals surface area contributed by atoms with E-state index in [1.807, 2.05) is 18.2 Å². The van der Waals surface area contributed by atoms with E-state index in [4.69, 9.17) is 4.74 Å². The molecule has 1 aliphatic heterocycles. The molecule has 0 aromatic heterocycles. The monoisotopic (exact) mass is 612 g/mol. The van der Waals surface area contributed by atoms with Crippen LogP contribution in [0.15, 0.2) is 42.5 Å². The lowest BCUT2D eigenvalue weighted by Gasteiger charge is -2.18. The molecular weight excluding hydrogens is 572 g/mol. The van der Waals surface area contributed by atoms with Gasteiger partial charge in [-0.2, -0.15) is 0 Å². The summed E-state index contributed by atoms with van der Waals surface area (Å²) >= 11 is 0. The number of carbonyl (C=O) groups excluding carboxylic acids is 8. The number of benzene rings is 1. The van der Waals surface area contributed by atoms with E-state index >= 15 is 0 Å². The summed E-state index contributed by atoms with van der Waals surface area (Å²) in [6.45, 7) is 1.12. The molecule has 1 aromatic rings. The molecule has 1 atom stereocenters. The van der Waals surface area contributed by atoms with Crippen molar-refractivity contribution < 1.29 is 43.1 Å². The molecule has 5 amide bonds. The maximum atomic E-state index is 12.9. The first kappa shape index (κ1) is 35.7. The SMILES string of the molecule is CC(=O)COCNC(=O)CCC(=O)[C@H](Cc1ccccc1)NC(=O)CCC(=O)CNC(=O)CCCCCN1C(=O)C=CC1=O. The van der Waals surface area contributed by atoms with Gasteiger partial charge in [-0.1, -0.05) is 36.8 Å². The number of imide groups is 1. The molecule has 0 aliphatic carbocycles. The Balaban J connectivity index is 1.69. The average molecular weight is 613 g/mol. The predicted octanol–water partition coefficient (Wildman–Crippen LogP) is 0.693. The Morgan fingerprint density at radius 2 is 1.43 bits per heavy atom. The van der Waals surface area contributed by atoms with E-state index in [1.165, 1.54) is 19.1 Å². The van der Waals surface area contributed by atoms with Gasteiger partial charge in [-0.15, -0.1) is 0 Å². The minimum absolute atomic E-state index is 0.128. The van der Waals surface area contributed by atoms with Gasteiger partial charge in [-0.3, -0.25) is 43.3 Å². The Bertz CT molecular complexity index is 1210. The zero-order valence-electron chi connectivity index (χ0n) is 24.9. The van der Waals surface area contributed by atoms with Gasteiger partial charge >= 0.3 is 0 Å². The maximum absolute atomic E-state index is 12.9. The van der Waals surface area contributed by atoms with Gasteiger partial charge in [-0.05, 0) is 31.7 Å². The largest absolute Gasteiger partial charge is 0.354 e. The smallest absolute Gasteiger partial charge is 0.253 e. The standard InChI is InChI=1S/C31H40N4O9/c1-22(36)20-44-21-33-28(40)14-12-26(38)25(18-23-8-4-2-5-9-23)34-29(41)13-11-24(37)19-32-27(39)10-6-3-7-17-35-30(42)15-16-31(35)43/h2,4-5,8-9,15-16,25H,3,6-7,10-14,17-21H2,1H3,(H,32,39)(H,33,40)(H,34,41)/t25-/m0/s1. The van der Waals surface area contributed by atoms with Crippen LogP contribution in [0.4, 0.5) is 0 Å². The van der Waals surface area contributed by atoms with Crippen LogP contribution >= 0.6 is 0 Å². The number of amides is 5. The van der Waals surface area contributed by atoms with E-state index in [9.17, 15) is 38.4 Å². The molecule has 1 heterocycles. The van der Waals surface area contributed by atoms with Crippen molar-refractivity contribution in [2.45, 2.75) is 70.8 Å². The molecule has 0 saturated carbocycles. The fourth-order valence-electron chi connectivity index (χ4n) is 4.20. The fraction of sp³-hybridized carbons (Fsp3) is 0.484. The van der Waals surface area contributed by atoms with Gasteiger partial charge in [0.2, 0.25) is 17.7 Å². The second-order valence-electron chi connectivity index (χ2n) is 10.4. The van der Waals surface area contributed by atoms with Crippen molar-refractivity contribution in [3.8, 4) is 0 Å². The van der Waals surface area contributed by atoms with Crippen LogP contribution < -0.4 is 16.0 Å². The molecule has 0 spiro atoms. The van der Waals surface area contributed by atoms with Gasteiger partial charge in [0.05, 0.1) is 12.6 Å². The Morgan fingerprint density at radius 1 is 0.773 bits per heavy atom. The molecule has 13 heteroatoms. The lowest BCUT2D eigenvalue weighted by molar-refractivity contribution is -0.137. The maximum Gasteiger partial charge on any atom is 0.253 e. The molecule has 44 heavy (non-hydrogen) atoms. The van der Waals surface area contributed by atoms with Crippen LogP contribution in [0, 0.1) is 0 Å². The topological polar surface area (TPSA) is 185 Å². The summed E-state index contributed by atoms with van der Waals surface area (Å²) in [5.74, 6) is -2.83. The van der Waals surface area contributed by atoms with E-state index in [1.54, 1.807) is 12.1 Å². The summed E-state index contributed by atoms with van der Waals surface area (Å²) in [7, 11) is 0. The molecule has 0 unspecified atom stereocenters. The summed E-state index contributed by atoms with van der Waals surface area (Å²) in [5, 5.41) is 7.66. The number of unbranched alkanes of at least 4 members (excludes halogenated alkanes) is 2. The fourth-order valence-corrected chi connectivity index (χ4v) is 4.20. The highest BCUT2D eigenvalue weighted by molar-refractivity contribution is 6.12. The zero-order valence-corrected chi connectivity index (χ0v) is 24.9. The lowest BCUT2D eigenvalue weighted by atomic mass is 9.99. The van der Waals surface area contributed by atoms with Crippen LogP contribution in [0.25, 0.3) is 0 Å². The zero-order chi connectivity index (χ0) is 32.3. The Labute approximate surface area is 256 Å². The van der Waals surface area contributed by atoms with E-state index < -0.39 is 17.9 Å². The number of nitrogens with zero attached hydrogens (tertiary/aromatic N) is 1. The van der Waals surface area contributed by atoms with Gasteiger partial charge < -0.3 is 20.7 Å². The van der Waals surface area contributed by atoms with Crippen molar-refractivity contribution in [3.63, 3.8) is 0 Å². The van der Waals surface area contributed by atoms with Gasteiger partial charge in [0, 0.05) is 50.8 Å². The molecule has 3 N–H and O–H groups in total. The summed E-state index contributed by atoms with van der Waals surface area (Å²) in [5.41, 5.74) is 0.807. The van der Waals surface area contributed by atoms with Crippen molar-refractivity contribution in [1.82, 2.24) is 20.9 Å². The minimum atomic E-state index is -0.903. The third-order valence-electron chi connectivity index (χ3n) is 6.58. The van der Waals surface area contributed by atoms with E-state index in [2.05, 4.69) is 16.0 Å². The van der Waals surface area contributed by atoms with E-state index in [0.29, 0.717) is 25.8 Å². The highest BCUT2D eigenvalue weighted by Gasteiger charge is 2.23. The van der Waals surface area contributed by atoms with Crippen molar-refractivity contribution >= 4 is 46.9 Å². The van der Waals surface area contributed by atoms with Gasteiger partial charge in [0.1, 0.15) is 13.3 Å². The number of nitrogens with one attached hydrogen (secondary N) is 3. The molecule has 0 fully saturated rings. The van der Waals surface area contributed by atoms with Gasteiger partial charge in [0.25, 0.3) is 11.8 Å². The average Bonchev–Trinajstić information content (AvgIpc) is 3.32. The van der Waals surface area contributed by atoms with Crippen LogP contribution in [0.1, 0.15) is 63.9 Å². The number of ketones is 3. The Morgan fingerprint density at radius 3 is 2.11 bits per heavy atom. The third-order valence-corrected chi connectivity index (χ3v) is 6.58. The van der Waals surface area contributed by atoms with Gasteiger partial charge in [0.15, 0.2) is 17.3 Å². The molecule has 238 valence electrons. The summed E-state index contributed by atoms with van der Waals surface area (Å²) in [6, 6.07) is 8.14. The minimum Gasteiger partial charge on any atom is -0.354 e. The number of ether oxygens (including phenoxy) is 1. The second-order valence-corrected chi connectivity index (χ2v) is 10.4. The molecule has 0 saturated heterocycles. The van der Waals surface area contributed by atoms with Crippen LogP contribution in [0.5, 0.6) is 0 Å². The van der Waals surface area contributed by atoms with Crippen LogP contribution in [-0.4, -0.2) is 84.3 Å². The van der Waals surface area contributed by atoms with Crippen molar-refractivity contribution in [3.05, 3.63) is 48.0 Å². The molecule has 1 aliphatic rings. The third kappa shape index (κ3) is 14.6. The molecule has 0 radical (unpaired) electrons. The number of hydrogen-bond donors (Lipinski definition) is 3. The number of hydrogen-bond acceptors (Lipinski definition) is 9. The quantitative estimate of drug-likeness (QED) is 0.0963. The summed E-state index contributed by atoms with van der Waals surface area (Å²) in [6.07, 6.45) is 3.99. The molecule has 1 aromatic carbocycles. The number of Topliss-reactive ketones (excluding diaryl/α,β-unsaturated/α-hetero) is 3. The highest BCUT2D eigenvalue weighted by atomic mass is 16.5. The second kappa shape index (κ2) is 19.6. The number of carbonyl (C=O) groups is 8. The van der Waals surface area contributed by atoms with Crippen molar-refractivity contribution in [2.75, 3.05) is 26.4 Å². The number of rotatable bonds is 22. The first-order chi connectivity index (χ1) is 21.0. The highest BCUT2D eigenvalue weighted by Crippen LogP contribution is 2.09. The molecular formula is C31H40N4O9. The van der Waals surface area contributed by atoms with Crippen LogP contribution in [0.2, 0.25) is 0 Å². The normalized spacial score (nSPS) is 13.0. The van der Waals surface area contributed by atoms with Crippen LogP contribution in [-0.2, 0) is 49.5 Å².